The zero-order valence-corrected chi connectivity index (χ0v) is 13.1. The number of ether oxygens (including phenoxy) is 2. The molecule has 1 fully saturated rings. The van der Waals surface area contributed by atoms with E-state index in [0.29, 0.717) is 24.2 Å². The standard InChI is InChI=1S/C17H19NO6/c19-15(12-4-6-13(7-5-12)18(21)22)10-14-11-16(20)24-17(23-14)8-2-1-3-9-17/h4-7,11,15,19H,1-3,8-10H2. The molecule has 1 atom stereocenters. The lowest BCUT2D eigenvalue weighted by Gasteiger charge is -2.39. The zero-order chi connectivity index (χ0) is 17.2. The summed E-state index contributed by atoms with van der Waals surface area (Å²) in [4.78, 5) is 22.0. The van der Waals surface area contributed by atoms with Crippen LogP contribution in [0.3, 0.4) is 0 Å². The van der Waals surface area contributed by atoms with Gasteiger partial charge in [0.2, 0.25) is 0 Å². The minimum absolute atomic E-state index is 0.0381. The van der Waals surface area contributed by atoms with Crippen molar-refractivity contribution in [1.82, 2.24) is 0 Å². The molecule has 1 N–H and O–H groups in total. The molecular formula is C17H19NO6. The van der Waals surface area contributed by atoms with Gasteiger partial charge in [-0.1, -0.05) is 6.42 Å². The Morgan fingerprint density at radius 1 is 1.17 bits per heavy atom. The van der Waals surface area contributed by atoms with Gasteiger partial charge in [-0.05, 0) is 30.5 Å². The fraction of sp³-hybridized carbons (Fsp3) is 0.471. The summed E-state index contributed by atoms with van der Waals surface area (Å²) in [5.41, 5.74) is 0.491. The quantitative estimate of drug-likeness (QED) is 0.516. The van der Waals surface area contributed by atoms with E-state index in [-0.39, 0.29) is 12.1 Å². The lowest BCUT2D eigenvalue weighted by atomic mass is 9.93. The summed E-state index contributed by atoms with van der Waals surface area (Å²) in [5.74, 6) is -0.956. The first-order valence-electron chi connectivity index (χ1n) is 8.02. The summed E-state index contributed by atoms with van der Waals surface area (Å²) in [6.07, 6.45) is 4.74. The van der Waals surface area contributed by atoms with E-state index in [9.17, 15) is 20.0 Å². The monoisotopic (exact) mass is 333 g/mol. The van der Waals surface area contributed by atoms with Gasteiger partial charge in [-0.3, -0.25) is 10.1 Å². The molecule has 1 aromatic rings. The van der Waals surface area contributed by atoms with Gasteiger partial charge < -0.3 is 14.6 Å². The SMILES string of the molecule is O=C1C=C(CC(O)c2ccc([N+](=O)[O-])cc2)OC2(CCCCC2)O1. The van der Waals surface area contributed by atoms with Crippen LogP contribution in [0.2, 0.25) is 0 Å². The van der Waals surface area contributed by atoms with E-state index in [2.05, 4.69) is 0 Å². The van der Waals surface area contributed by atoms with Crippen LogP contribution in [0.5, 0.6) is 0 Å². The molecule has 1 spiro atoms. The Hall–Kier alpha value is -2.41. The number of nitro groups is 1. The molecule has 0 amide bonds. The Kier molecular flexibility index (Phi) is 4.53. The highest BCUT2D eigenvalue weighted by molar-refractivity contribution is 5.83. The summed E-state index contributed by atoms with van der Waals surface area (Å²) in [6, 6.07) is 5.68. The van der Waals surface area contributed by atoms with Gasteiger partial charge in [0.25, 0.3) is 11.5 Å². The van der Waals surface area contributed by atoms with E-state index in [1.165, 1.54) is 30.3 Å². The Labute approximate surface area is 139 Å². The number of non-ortho nitro benzene ring substituents is 1. The Morgan fingerprint density at radius 3 is 2.46 bits per heavy atom. The molecule has 1 unspecified atom stereocenters. The van der Waals surface area contributed by atoms with Gasteiger partial charge in [0.05, 0.1) is 17.1 Å². The maximum atomic E-state index is 11.8. The summed E-state index contributed by atoms with van der Waals surface area (Å²) >= 11 is 0. The highest BCUT2D eigenvalue weighted by Gasteiger charge is 2.41. The smallest absolute Gasteiger partial charge is 0.337 e. The fourth-order valence-corrected chi connectivity index (χ4v) is 3.16. The first-order valence-corrected chi connectivity index (χ1v) is 8.02. The van der Waals surface area contributed by atoms with Crippen molar-refractivity contribution in [3.05, 3.63) is 51.8 Å². The van der Waals surface area contributed by atoms with Gasteiger partial charge in [0.1, 0.15) is 5.76 Å². The predicted molar refractivity (Wildman–Crippen MR) is 83.7 cm³/mol. The minimum atomic E-state index is -0.913. The normalized spacial score (nSPS) is 20.7. The third-order valence-electron chi connectivity index (χ3n) is 4.38. The van der Waals surface area contributed by atoms with Crippen LogP contribution >= 0.6 is 0 Å². The Balaban J connectivity index is 1.70. The maximum absolute atomic E-state index is 11.8. The number of aliphatic hydroxyl groups excluding tert-OH is 1. The molecule has 0 aromatic heterocycles. The number of aliphatic hydroxyl groups is 1. The number of rotatable bonds is 4. The second kappa shape index (κ2) is 6.60. The average Bonchev–Trinajstić information content (AvgIpc) is 2.54. The lowest BCUT2D eigenvalue weighted by molar-refractivity contribution is -0.384. The van der Waals surface area contributed by atoms with Crippen molar-refractivity contribution in [3.63, 3.8) is 0 Å². The number of hydrogen-bond acceptors (Lipinski definition) is 6. The van der Waals surface area contributed by atoms with Gasteiger partial charge in [-0.25, -0.2) is 4.79 Å². The Morgan fingerprint density at radius 2 is 1.83 bits per heavy atom. The molecule has 0 radical (unpaired) electrons. The molecule has 1 saturated carbocycles. The van der Waals surface area contributed by atoms with E-state index in [4.69, 9.17) is 9.47 Å². The molecule has 128 valence electrons. The van der Waals surface area contributed by atoms with E-state index < -0.39 is 22.8 Å². The third kappa shape index (κ3) is 3.56. The molecule has 0 saturated heterocycles. The van der Waals surface area contributed by atoms with Gasteiger partial charge >= 0.3 is 5.97 Å². The zero-order valence-electron chi connectivity index (χ0n) is 13.1. The number of carbonyl (C=O) groups excluding carboxylic acids is 1. The molecule has 7 heteroatoms. The van der Waals surface area contributed by atoms with Crippen LogP contribution in [0, 0.1) is 10.1 Å². The van der Waals surface area contributed by atoms with Crippen LogP contribution in [-0.2, 0) is 14.3 Å². The predicted octanol–water partition coefficient (Wildman–Crippen LogP) is 3.14. The summed E-state index contributed by atoms with van der Waals surface area (Å²) in [5, 5.41) is 21.0. The van der Waals surface area contributed by atoms with Crippen molar-refractivity contribution in [1.29, 1.82) is 0 Å². The van der Waals surface area contributed by atoms with Crippen molar-refractivity contribution < 1.29 is 24.3 Å². The van der Waals surface area contributed by atoms with Crippen LogP contribution in [0.1, 0.15) is 50.2 Å². The number of benzene rings is 1. The van der Waals surface area contributed by atoms with Gasteiger partial charge in [-0.2, -0.15) is 0 Å². The van der Waals surface area contributed by atoms with Crippen molar-refractivity contribution >= 4 is 11.7 Å². The van der Waals surface area contributed by atoms with E-state index in [1.807, 2.05) is 0 Å². The molecule has 1 aromatic carbocycles. The molecule has 7 nitrogen and oxygen atoms in total. The van der Waals surface area contributed by atoms with Crippen LogP contribution in [0.25, 0.3) is 0 Å². The maximum Gasteiger partial charge on any atom is 0.337 e. The summed E-state index contributed by atoms with van der Waals surface area (Å²) < 4.78 is 11.3. The second-order valence-electron chi connectivity index (χ2n) is 6.17. The molecule has 1 aliphatic carbocycles. The Bertz CT molecular complexity index is 660. The van der Waals surface area contributed by atoms with Crippen LogP contribution in [0.4, 0.5) is 5.69 Å². The van der Waals surface area contributed by atoms with Gasteiger partial charge in [0, 0.05) is 31.4 Å². The molecule has 2 aliphatic rings. The molecule has 1 aliphatic heterocycles. The first-order chi connectivity index (χ1) is 11.5. The third-order valence-corrected chi connectivity index (χ3v) is 4.38. The topological polar surface area (TPSA) is 98.9 Å². The molecular weight excluding hydrogens is 314 g/mol. The lowest BCUT2D eigenvalue weighted by Crippen LogP contribution is -2.42. The number of carbonyl (C=O) groups is 1. The highest BCUT2D eigenvalue weighted by atomic mass is 16.7. The van der Waals surface area contributed by atoms with E-state index in [0.717, 1.165) is 19.3 Å². The summed E-state index contributed by atoms with van der Waals surface area (Å²) in [7, 11) is 0. The minimum Gasteiger partial charge on any atom is -0.456 e. The molecule has 0 bridgehead atoms. The van der Waals surface area contributed by atoms with Crippen molar-refractivity contribution in [2.45, 2.75) is 50.4 Å². The fourth-order valence-electron chi connectivity index (χ4n) is 3.16. The van der Waals surface area contributed by atoms with Crippen LogP contribution in [0.15, 0.2) is 36.1 Å². The molecule has 24 heavy (non-hydrogen) atoms. The summed E-state index contributed by atoms with van der Waals surface area (Å²) in [6.45, 7) is 0. The second-order valence-corrected chi connectivity index (χ2v) is 6.17. The van der Waals surface area contributed by atoms with Crippen LogP contribution < -0.4 is 0 Å². The molecule has 1 heterocycles. The van der Waals surface area contributed by atoms with Crippen molar-refractivity contribution in [2.75, 3.05) is 0 Å². The molecule has 3 rings (SSSR count). The van der Waals surface area contributed by atoms with Gasteiger partial charge in [0.15, 0.2) is 0 Å². The number of nitrogens with zero attached hydrogens (tertiary/aromatic N) is 1. The first kappa shape index (κ1) is 16.4. The number of nitro benzene ring substituents is 1. The average molecular weight is 333 g/mol. The highest BCUT2D eigenvalue weighted by Crippen LogP contribution is 2.39. The van der Waals surface area contributed by atoms with Crippen LogP contribution in [-0.4, -0.2) is 21.8 Å². The van der Waals surface area contributed by atoms with Gasteiger partial charge in [-0.15, -0.1) is 0 Å². The van der Waals surface area contributed by atoms with Crippen molar-refractivity contribution in [2.24, 2.45) is 0 Å². The van der Waals surface area contributed by atoms with Crippen molar-refractivity contribution in [3.8, 4) is 0 Å². The van der Waals surface area contributed by atoms with E-state index in [1.54, 1.807) is 0 Å². The van der Waals surface area contributed by atoms with E-state index >= 15 is 0 Å². The number of esters is 1. The largest absolute Gasteiger partial charge is 0.456 e. The number of hydrogen-bond donors (Lipinski definition) is 1.